The highest BCUT2D eigenvalue weighted by Crippen LogP contribution is 2.29. The third-order valence-corrected chi connectivity index (χ3v) is 4.34. The van der Waals surface area contributed by atoms with Gasteiger partial charge in [-0.05, 0) is 30.4 Å². The quantitative estimate of drug-likeness (QED) is 0.898. The van der Waals surface area contributed by atoms with Crippen molar-refractivity contribution in [3.63, 3.8) is 0 Å². The topological polar surface area (TPSA) is 40.7 Å². The van der Waals surface area contributed by atoms with Gasteiger partial charge in [-0.3, -0.25) is 0 Å². The minimum atomic E-state index is -0.0626. The summed E-state index contributed by atoms with van der Waals surface area (Å²) in [6.45, 7) is 7.72. The van der Waals surface area contributed by atoms with Gasteiger partial charge in [-0.1, -0.05) is 38.1 Å². The predicted molar refractivity (Wildman–Crippen MR) is 81.9 cm³/mol. The van der Waals surface area contributed by atoms with Gasteiger partial charge in [0.1, 0.15) is 0 Å². The number of hydrogen-bond acceptors (Lipinski definition) is 2. The fourth-order valence-corrected chi connectivity index (χ4v) is 3.11. The van der Waals surface area contributed by atoms with E-state index in [0.717, 1.165) is 19.4 Å². The van der Waals surface area contributed by atoms with Crippen molar-refractivity contribution in [1.29, 1.82) is 0 Å². The number of nitrogens with zero attached hydrogens (tertiary/aromatic N) is 1. The van der Waals surface area contributed by atoms with Crippen LogP contribution in [0.1, 0.15) is 49.2 Å². The molecule has 3 heteroatoms. The van der Waals surface area contributed by atoms with E-state index in [-0.39, 0.29) is 5.54 Å². The fourth-order valence-electron chi connectivity index (χ4n) is 3.11. The fraction of sp³-hybridized carbons (Fsp3) is 0.471. The number of fused-ring (bicyclic) bond motifs is 1. The van der Waals surface area contributed by atoms with Crippen molar-refractivity contribution in [3.8, 4) is 0 Å². The molecule has 3 nitrogen and oxygen atoms in total. The van der Waals surface area contributed by atoms with E-state index in [0.29, 0.717) is 5.92 Å². The third kappa shape index (κ3) is 2.38. The van der Waals surface area contributed by atoms with Gasteiger partial charge in [-0.15, -0.1) is 0 Å². The van der Waals surface area contributed by atoms with Gasteiger partial charge >= 0.3 is 0 Å². The average Bonchev–Trinajstić information content (AvgIpc) is 2.89. The lowest BCUT2D eigenvalue weighted by Crippen LogP contribution is -2.46. The number of benzene rings is 1. The Morgan fingerprint density at radius 2 is 2.00 bits per heavy atom. The standard InChI is InChI=1S/C17H23N3/c1-12(2)14-6-4-13(5-7-14)10-17(3)16-15(8-9-20-17)18-11-19-16/h4-7,11-12,20H,8-10H2,1-3H3,(H,18,19). The highest BCUT2D eigenvalue weighted by atomic mass is 15.1. The molecule has 2 heterocycles. The normalized spacial score (nSPS) is 22.0. The van der Waals surface area contributed by atoms with E-state index < -0.39 is 0 Å². The van der Waals surface area contributed by atoms with Crippen LogP contribution in [0, 0.1) is 0 Å². The predicted octanol–water partition coefficient (Wildman–Crippen LogP) is 3.14. The van der Waals surface area contributed by atoms with E-state index in [4.69, 9.17) is 0 Å². The molecule has 0 fully saturated rings. The van der Waals surface area contributed by atoms with Crippen molar-refractivity contribution in [2.45, 2.75) is 45.1 Å². The summed E-state index contributed by atoms with van der Waals surface area (Å²) >= 11 is 0. The second-order valence-electron chi connectivity index (χ2n) is 6.31. The molecule has 0 saturated carbocycles. The molecule has 106 valence electrons. The van der Waals surface area contributed by atoms with Gasteiger partial charge in [0.05, 0.1) is 17.6 Å². The lowest BCUT2D eigenvalue weighted by Gasteiger charge is -2.34. The van der Waals surface area contributed by atoms with Gasteiger partial charge in [-0.2, -0.15) is 0 Å². The minimum absolute atomic E-state index is 0.0626. The molecular weight excluding hydrogens is 246 g/mol. The first kappa shape index (κ1) is 13.4. The lowest BCUT2D eigenvalue weighted by atomic mass is 9.85. The van der Waals surface area contributed by atoms with Gasteiger partial charge in [0, 0.05) is 18.7 Å². The number of imidazole rings is 1. The Hall–Kier alpha value is -1.61. The molecule has 1 unspecified atom stereocenters. The van der Waals surface area contributed by atoms with Crippen LogP contribution < -0.4 is 5.32 Å². The molecule has 0 amide bonds. The number of aromatic nitrogens is 2. The van der Waals surface area contributed by atoms with Crippen molar-refractivity contribution in [1.82, 2.24) is 15.3 Å². The molecule has 1 aliphatic heterocycles. The minimum Gasteiger partial charge on any atom is -0.348 e. The molecule has 0 spiro atoms. The molecule has 0 radical (unpaired) electrons. The second kappa shape index (κ2) is 5.06. The van der Waals surface area contributed by atoms with E-state index in [1.807, 2.05) is 6.33 Å². The Labute approximate surface area is 120 Å². The second-order valence-corrected chi connectivity index (χ2v) is 6.31. The van der Waals surface area contributed by atoms with E-state index in [9.17, 15) is 0 Å². The van der Waals surface area contributed by atoms with Gasteiger partial charge in [0.2, 0.25) is 0 Å². The molecule has 0 aliphatic carbocycles. The van der Waals surface area contributed by atoms with Crippen LogP contribution in [0.15, 0.2) is 30.6 Å². The van der Waals surface area contributed by atoms with Crippen molar-refractivity contribution < 1.29 is 0 Å². The molecule has 0 bridgehead atoms. The van der Waals surface area contributed by atoms with E-state index in [2.05, 4.69) is 60.3 Å². The summed E-state index contributed by atoms with van der Waals surface area (Å²) in [5, 5.41) is 3.64. The summed E-state index contributed by atoms with van der Waals surface area (Å²) in [5.41, 5.74) is 5.16. The van der Waals surface area contributed by atoms with E-state index in [1.54, 1.807) is 0 Å². The first-order valence-corrected chi connectivity index (χ1v) is 7.45. The Balaban J connectivity index is 1.84. The van der Waals surface area contributed by atoms with Crippen LogP contribution in [0.25, 0.3) is 0 Å². The summed E-state index contributed by atoms with van der Waals surface area (Å²) in [5.74, 6) is 0.588. The van der Waals surface area contributed by atoms with Crippen molar-refractivity contribution >= 4 is 0 Å². The molecule has 3 rings (SSSR count). The molecule has 1 aromatic heterocycles. The molecule has 2 aromatic rings. The Bertz CT molecular complexity index is 583. The Morgan fingerprint density at radius 1 is 1.25 bits per heavy atom. The SMILES string of the molecule is CC(C)c1ccc(CC2(C)NCCc3[nH]cnc32)cc1. The Morgan fingerprint density at radius 3 is 2.70 bits per heavy atom. The number of aromatic amines is 1. The molecular formula is C17H23N3. The van der Waals surface area contributed by atoms with E-state index >= 15 is 0 Å². The summed E-state index contributed by atoms with van der Waals surface area (Å²) in [6, 6.07) is 9.00. The number of hydrogen-bond donors (Lipinski definition) is 2. The number of H-pyrrole nitrogens is 1. The maximum absolute atomic E-state index is 4.53. The summed E-state index contributed by atoms with van der Waals surface area (Å²) in [7, 11) is 0. The molecule has 2 N–H and O–H groups in total. The smallest absolute Gasteiger partial charge is 0.0926 e. The first-order valence-electron chi connectivity index (χ1n) is 7.45. The van der Waals surface area contributed by atoms with E-state index in [1.165, 1.54) is 22.5 Å². The zero-order valence-electron chi connectivity index (χ0n) is 12.5. The maximum atomic E-state index is 4.53. The van der Waals surface area contributed by atoms with Crippen LogP contribution in [0.2, 0.25) is 0 Å². The average molecular weight is 269 g/mol. The number of nitrogens with one attached hydrogen (secondary N) is 2. The van der Waals surface area contributed by atoms with Crippen LogP contribution >= 0.6 is 0 Å². The van der Waals surface area contributed by atoms with Gasteiger partial charge in [0.15, 0.2) is 0 Å². The maximum Gasteiger partial charge on any atom is 0.0926 e. The summed E-state index contributed by atoms with van der Waals surface area (Å²) < 4.78 is 0. The van der Waals surface area contributed by atoms with Crippen molar-refractivity contribution in [3.05, 3.63) is 53.1 Å². The third-order valence-electron chi connectivity index (χ3n) is 4.34. The molecule has 1 aliphatic rings. The highest BCUT2D eigenvalue weighted by molar-refractivity contribution is 5.31. The van der Waals surface area contributed by atoms with Gasteiger partial charge in [0.25, 0.3) is 0 Å². The monoisotopic (exact) mass is 269 g/mol. The first-order chi connectivity index (χ1) is 9.58. The summed E-state index contributed by atoms with van der Waals surface area (Å²) in [4.78, 5) is 7.81. The Kier molecular flexibility index (Phi) is 3.38. The van der Waals surface area contributed by atoms with Crippen LogP contribution in [0.3, 0.4) is 0 Å². The van der Waals surface area contributed by atoms with Crippen LogP contribution in [-0.2, 0) is 18.4 Å². The zero-order valence-corrected chi connectivity index (χ0v) is 12.5. The number of rotatable bonds is 3. The largest absolute Gasteiger partial charge is 0.348 e. The lowest BCUT2D eigenvalue weighted by molar-refractivity contribution is 0.335. The molecule has 1 atom stereocenters. The van der Waals surface area contributed by atoms with Crippen molar-refractivity contribution in [2.75, 3.05) is 6.54 Å². The zero-order chi connectivity index (χ0) is 14.2. The van der Waals surface area contributed by atoms with Crippen LogP contribution in [0.5, 0.6) is 0 Å². The van der Waals surface area contributed by atoms with Crippen LogP contribution in [0.4, 0.5) is 0 Å². The molecule has 20 heavy (non-hydrogen) atoms. The highest BCUT2D eigenvalue weighted by Gasteiger charge is 2.34. The van der Waals surface area contributed by atoms with Crippen molar-refractivity contribution in [2.24, 2.45) is 0 Å². The molecule has 1 aromatic carbocycles. The molecule has 0 saturated heterocycles. The van der Waals surface area contributed by atoms with Gasteiger partial charge in [-0.25, -0.2) is 4.98 Å². The van der Waals surface area contributed by atoms with Gasteiger partial charge < -0.3 is 10.3 Å². The summed E-state index contributed by atoms with van der Waals surface area (Å²) in [6.07, 6.45) is 3.83. The van der Waals surface area contributed by atoms with Crippen LogP contribution in [-0.4, -0.2) is 16.5 Å².